The molecular weight excluding hydrogens is 140 g/mol. The van der Waals surface area contributed by atoms with Crippen LogP contribution in [0.4, 0.5) is 0 Å². The zero-order chi connectivity index (χ0) is 8.78. The van der Waals surface area contributed by atoms with Crippen LogP contribution in [-0.4, -0.2) is 15.1 Å². The molecule has 0 aromatic carbocycles. The Morgan fingerprint density at radius 1 is 1.20 bits per heavy atom. The summed E-state index contributed by atoms with van der Waals surface area (Å²) >= 11 is 0. The first-order chi connectivity index (χ1) is 4.36. The highest BCUT2D eigenvalue weighted by Crippen LogP contribution is 2.25. The van der Waals surface area contributed by atoms with Crippen molar-refractivity contribution in [2.24, 2.45) is 0 Å². The minimum atomic E-state index is -0.0502. The molecule has 0 aromatic rings. The number of rotatable bonds is 0. The predicted molar refractivity (Wildman–Crippen MR) is 48.9 cm³/mol. The van der Waals surface area contributed by atoms with Crippen LogP contribution in [0, 0.1) is 0 Å². The van der Waals surface area contributed by atoms with Crippen LogP contribution in [0.25, 0.3) is 0 Å². The van der Waals surface area contributed by atoms with Gasteiger partial charge >= 0.3 is 0 Å². The number of carbonyl (C=O) groups is 1. The van der Waals surface area contributed by atoms with Crippen molar-refractivity contribution in [3.8, 4) is 0 Å². The van der Waals surface area contributed by atoms with Gasteiger partial charge in [0.05, 0.1) is 0 Å². The maximum atomic E-state index is 8.81. The van der Waals surface area contributed by atoms with Crippen molar-refractivity contribution in [2.45, 2.75) is 45.8 Å². The standard InChI is InChI=1S/C6H15Si.C2H4O/c1-6(2,3)7(4)5;1-2-3/h1-5H3;2H,1H3. The highest BCUT2D eigenvalue weighted by molar-refractivity contribution is 6.59. The molecule has 10 heavy (non-hydrogen) atoms. The fraction of sp³-hybridized carbons (Fsp3) is 0.875. The van der Waals surface area contributed by atoms with E-state index in [-0.39, 0.29) is 8.80 Å². The molecule has 1 nitrogen and oxygen atoms in total. The number of aldehydes is 1. The first-order valence-electron chi connectivity index (χ1n) is 3.56. The third-order valence-corrected chi connectivity index (χ3v) is 4.50. The van der Waals surface area contributed by atoms with Crippen LogP contribution in [-0.2, 0) is 4.79 Å². The van der Waals surface area contributed by atoms with E-state index in [0.717, 1.165) is 6.29 Å². The second-order valence-electron chi connectivity index (χ2n) is 3.49. The normalized spacial score (nSPS) is 10.3. The summed E-state index contributed by atoms with van der Waals surface area (Å²) in [7, 11) is -0.0502. The summed E-state index contributed by atoms with van der Waals surface area (Å²) in [6.45, 7) is 13.1. The molecular formula is C8H19OSi. The van der Waals surface area contributed by atoms with E-state index in [9.17, 15) is 0 Å². The summed E-state index contributed by atoms with van der Waals surface area (Å²) < 4.78 is 0. The van der Waals surface area contributed by atoms with Crippen molar-refractivity contribution >= 4 is 15.1 Å². The Morgan fingerprint density at radius 2 is 1.30 bits per heavy atom. The molecule has 0 saturated heterocycles. The molecule has 61 valence electrons. The van der Waals surface area contributed by atoms with Crippen molar-refractivity contribution in [1.82, 2.24) is 0 Å². The van der Waals surface area contributed by atoms with Crippen molar-refractivity contribution in [1.29, 1.82) is 0 Å². The fourth-order valence-corrected chi connectivity index (χ4v) is 0. The summed E-state index contributed by atoms with van der Waals surface area (Å²) in [6.07, 6.45) is 0.750. The van der Waals surface area contributed by atoms with Gasteiger partial charge in [0.25, 0.3) is 0 Å². The average molecular weight is 159 g/mol. The predicted octanol–water partition coefficient (Wildman–Crippen LogP) is 2.75. The average Bonchev–Trinajstić information content (AvgIpc) is 1.64. The summed E-state index contributed by atoms with van der Waals surface area (Å²) in [5, 5.41) is 0.602. The number of hydrogen-bond acceptors (Lipinski definition) is 1. The van der Waals surface area contributed by atoms with Crippen molar-refractivity contribution in [3.05, 3.63) is 0 Å². The maximum Gasteiger partial charge on any atom is 0.116 e. The first-order valence-corrected chi connectivity index (χ1v) is 6.06. The third-order valence-electron chi connectivity index (χ3n) is 1.50. The van der Waals surface area contributed by atoms with E-state index in [1.807, 2.05) is 0 Å². The molecule has 0 aliphatic heterocycles. The van der Waals surface area contributed by atoms with E-state index in [4.69, 9.17) is 4.79 Å². The van der Waals surface area contributed by atoms with Crippen LogP contribution in [0.1, 0.15) is 27.7 Å². The van der Waals surface area contributed by atoms with Crippen molar-refractivity contribution in [2.75, 3.05) is 0 Å². The van der Waals surface area contributed by atoms with E-state index < -0.39 is 0 Å². The van der Waals surface area contributed by atoms with Gasteiger partial charge in [0.2, 0.25) is 0 Å². The first kappa shape index (κ1) is 12.6. The van der Waals surface area contributed by atoms with E-state index >= 15 is 0 Å². The Bertz CT molecular complexity index is 81.7. The largest absolute Gasteiger partial charge is 0.304 e. The zero-order valence-corrected chi connectivity index (χ0v) is 8.99. The van der Waals surface area contributed by atoms with E-state index in [2.05, 4.69) is 33.9 Å². The summed E-state index contributed by atoms with van der Waals surface area (Å²) in [6, 6.07) is 0. The molecule has 0 aromatic heterocycles. The molecule has 0 unspecified atom stereocenters. The molecule has 2 heteroatoms. The van der Waals surface area contributed by atoms with E-state index in [1.54, 1.807) is 0 Å². The molecule has 0 fully saturated rings. The fourth-order valence-electron chi connectivity index (χ4n) is 0. The lowest BCUT2D eigenvalue weighted by Crippen LogP contribution is -2.16. The number of hydrogen-bond donors (Lipinski definition) is 0. The summed E-state index contributed by atoms with van der Waals surface area (Å²) in [5.74, 6) is 0. The van der Waals surface area contributed by atoms with Crippen molar-refractivity contribution < 1.29 is 4.79 Å². The van der Waals surface area contributed by atoms with Gasteiger partial charge in [-0.2, -0.15) is 0 Å². The molecule has 0 heterocycles. The minimum Gasteiger partial charge on any atom is -0.304 e. The lowest BCUT2D eigenvalue weighted by molar-refractivity contribution is -0.106. The van der Waals surface area contributed by atoms with Crippen LogP contribution in [0.15, 0.2) is 0 Å². The van der Waals surface area contributed by atoms with Crippen LogP contribution >= 0.6 is 0 Å². The Kier molecular flexibility index (Phi) is 7.10. The van der Waals surface area contributed by atoms with Crippen LogP contribution in [0.5, 0.6) is 0 Å². The second-order valence-corrected chi connectivity index (χ2v) is 6.99. The second kappa shape index (κ2) is 5.66. The van der Waals surface area contributed by atoms with Gasteiger partial charge in [-0.1, -0.05) is 33.9 Å². The molecule has 0 saturated carbocycles. The van der Waals surface area contributed by atoms with Gasteiger partial charge in [-0.05, 0) is 12.0 Å². The Labute approximate surface area is 66.4 Å². The topological polar surface area (TPSA) is 17.1 Å². The van der Waals surface area contributed by atoms with Gasteiger partial charge in [-0.3, -0.25) is 0 Å². The molecule has 0 spiro atoms. The van der Waals surface area contributed by atoms with E-state index in [1.165, 1.54) is 6.92 Å². The number of carbonyl (C=O) groups excluding carboxylic acids is 1. The Hall–Kier alpha value is -0.113. The zero-order valence-electron chi connectivity index (χ0n) is 7.99. The minimum absolute atomic E-state index is 0.0502. The van der Waals surface area contributed by atoms with Crippen LogP contribution in [0.3, 0.4) is 0 Å². The molecule has 0 N–H and O–H groups in total. The lowest BCUT2D eigenvalue weighted by Gasteiger charge is -2.20. The van der Waals surface area contributed by atoms with Crippen LogP contribution < -0.4 is 0 Å². The molecule has 0 amide bonds. The molecule has 0 aliphatic carbocycles. The quantitative estimate of drug-likeness (QED) is 0.392. The van der Waals surface area contributed by atoms with Gasteiger partial charge in [-0.15, -0.1) is 0 Å². The summed E-state index contributed by atoms with van der Waals surface area (Å²) in [5.41, 5.74) is 0. The van der Waals surface area contributed by atoms with Crippen LogP contribution in [0.2, 0.25) is 18.1 Å². The van der Waals surface area contributed by atoms with E-state index in [0.29, 0.717) is 5.04 Å². The Balaban J connectivity index is 0. The highest BCUT2D eigenvalue weighted by atomic mass is 28.3. The molecule has 1 radical (unpaired) electrons. The molecule has 0 atom stereocenters. The third kappa shape index (κ3) is 10.8. The summed E-state index contributed by atoms with van der Waals surface area (Å²) in [4.78, 5) is 8.81. The maximum absolute atomic E-state index is 8.81. The van der Waals surface area contributed by atoms with Gasteiger partial charge in [0.1, 0.15) is 6.29 Å². The van der Waals surface area contributed by atoms with Gasteiger partial charge < -0.3 is 4.79 Å². The van der Waals surface area contributed by atoms with Crippen molar-refractivity contribution in [3.63, 3.8) is 0 Å². The van der Waals surface area contributed by atoms with Gasteiger partial charge in [0, 0.05) is 8.80 Å². The van der Waals surface area contributed by atoms with Gasteiger partial charge in [-0.25, -0.2) is 0 Å². The SMILES string of the molecule is CC=O.C[Si](C)C(C)(C)C. The molecule has 0 bridgehead atoms. The molecule has 0 rings (SSSR count). The van der Waals surface area contributed by atoms with Gasteiger partial charge in [0.15, 0.2) is 0 Å². The lowest BCUT2D eigenvalue weighted by atomic mass is 10.2. The Morgan fingerprint density at radius 3 is 1.30 bits per heavy atom. The highest BCUT2D eigenvalue weighted by Gasteiger charge is 2.15. The molecule has 0 aliphatic rings. The monoisotopic (exact) mass is 159 g/mol. The smallest absolute Gasteiger partial charge is 0.116 e.